The number of Topliss-reactive ketones (excluding diaryl/α,β-unsaturated/α-hetero) is 1. The number of carbonyl (C=O) groups is 4. The van der Waals surface area contributed by atoms with Gasteiger partial charge in [0.2, 0.25) is 5.78 Å². The van der Waals surface area contributed by atoms with Crippen molar-refractivity contribution in [2.75, 3.05) is 26.9 Å². The van der Waals surface area contributed by atoms with Crippen LogP contribution in [0.1, 0.15) is 34.1 Å². The average molecular weight is 469 g/mol. The van der Waals surface area contributed by atoms with Crippen molar-refractivity contribution in [3.63, 3.8) is 0 Å². The van der Waals surface area contributed by atoms with Crippen LogP contribution in [0, 0.1) is 11.3 Å². The fraction of sp³-hybridized carbons (Fsp3) is 0.700. The Hall–Kier alpha value is -2.66. The molecule has 0 bridgehead atoms. The summed E-state index contributed by atoms with van der Waals surface area (Å²) in [5.74, 6) is -6.42. The Morgan fingerprint density at radius 2 is 1.59 bits per heavy atom. The first-order valence-corrected chi connectivity index (χ1v) is 9.91. The lowest BCUT2D eigenvalue weighted by Gasteiger charge is -2.45. The van der Waals surface area contributed by atoms with Gasteiger partial charge < -0.3 is 19.1 Å². The maximum Gasteiger partial charge on any atom is 0.336 e. The van der Waals surface area contributed by atoms with Crippen LogP contribution in [-0.2, 0) is 33.4 Å². The summed E-state index contributed by atoms with van der Waals surface area (Å²) >= 11 is 0. The topological polar surface area (TPSA) is 99.2 Å². The first-order chi connectivity index (χ1) is 14.9. The third-order valence-electron chi connectivity index (χ3n) is 5.01. The minimum absolute atomic E-state index is 0.251. The van der Waals surface area contributed by atoms with Gasteiger partial charge in [0.1, 0.15) is 6.04 Å². The van der Waals surface area contributed by atoms with Crippen LogP contribution < -0.4 is 0 Å². The summed E-state index contributed by atoms with van der Waals surface area (Å²) in [6.07, 6.45) is -8.12. The minimum atomic E-state index is -3.67. The van der Waals surface area contributed by atoms with E-state index >= 15 is 0 Å². The minimum Gasteiger partial charge on any atom is -0.467 e. The van der Waals surface area contributed by atoms with Crippen LogP contribution in [0.2, 0.25) is 0 Å². The van der Waals surface area contributed by atoms with Gasteiger partial charge in [0.05, 0.1) is 31.6 Å². The SMILES string of the molecule is CCOC(=O)C1=C(C(F)F)N(C(C(=O)OC)C(C)C)CC(C(=O)OCC)(C(=O)C(F)F)C1. The van der Waals surface area contributed by atoms with Gasteiger partial charge in [0.25, 0.3) is 12.9 Å². The maximum atomic E-state index is 14.2. The van der Waals surface area contributed by atoms with Gasteiger partial charge in [-0.3, -0.25) is 9.59 Å². The molecular weight excluding hydrogens is 442 g/mol. The molecule has 0 aromatic carbocycles. The molecule has 1 heterocycles. The summed E-state index contributed by atoms with van der Waals surface area (Å²) in [4.78, 5) is 50.9. The zero-order valence-electron chi connectivity index (χ0n) is 18.5. The molecule has 0 saturated carbocycles. The highest BCUT2D eigenvalue weighted by atomic mass is 19.3. The largest absolute Gasteiger partial charge is 0.467 e. The van der Waals surface area contributed by atoms with Gasteiger partial charge in [-0.1, -0.05) is 13.8 Å². The Kier molecular flexibility index (Phi) is 9.65. The van der Waals surface area contributed by atoms with Crippen LogP contribution >= 0.6 is 0 Å². The predicted molar refractivity (Wildman–Crippen MR) is 102 cm³/mol. The van der Waals surface area contributed by atoms with Crippen LogP contribution in [0.5, 0.6) is 0 Å². The lowest BCUT2D eigenvalue weighted by atomic mass is 9.73. The first kappa shape index (κ1) is 27.4. The molecule has 0 aliphatic carbocycles. The molecule has 0 N–H and O–H groups in total. The van der Waals surface area contributed by atoms with Crippen LogP contribution in [-0.4, -0.2) is 74.4 Å². The number of allylic oxidation sites excluding steroid dienone is 1. The number of nitrogens with zero attached hydrogens (tertiary/aromatic N) is 1. The van der Waals surface area contributed by atoms with Crippen LogP contribution in [0.15, 0.2) is 11.3 Å². The number of methoxy groups -OCH3 is 1. The summed E-state index contributed by atoms with van der Waals surface area (Å²) < 4.78 is 69.7. The highest BCUT2D eigenvalue weighted by Gasteiger charge is 2.58. The number of halogens is 4. The molecule has 32 heavy (non-hydrogen) atoms. The lowest BCUT2D eigenvalue weighted by Crippen LogP contribution is -2.60. The summed E-state index contributed by atoms with van der Waals surface area (Å²) in [6, 6.07) is -1.52. The van der Waals surface area contributed by atoms with Crippen molar-refractivity contribution in [2.24, 2.45) is 11.3 Å². The van der Waals surface area contributed by atoms with Gasteiger partial charge >= 0.3 is 17.9 Å². The summed E-state index contributed by atoms with van der Waals surface area (Å²) in [7, 11) is 0.989. The Morgan fingerprint density at radius 3 is 2.00 bits per heavy atom. The van der Waals surface area contributed by atoms with Crippen molar-refractivity contribution in [2.45, 2.75) is 53.0 Å². The van der Waals surface area contributed by atoms with Crippen molar-refractivity contribution in [3.05, 3.63) is 11.3 Å². The number of rotatable bonds is 10. The fourth-order valence-corrected chi connectivity index (χ4v) is 3.66. The molecule has 1 aliphatic rings. The molecule has 2 unspecified atom stereocenters. The summed E-state index contributed by atoms with van der Waals surface area (Å²) in [6.45, 7) is 4.08. The molecule has 182 valence electrons. The quantitative estimate of drug-likeness (QED) is 0.208. The van der Waals surface area contributed by atoms with E-state index in [9.17, 15) is 36.7 Å². The molecule has 1 aliphatic heterocycles. The second kappa shape index (κ2) is 11.3. The molecule has 1 rings (SSSR count). The molecule has 0 saturated heterocycles. The number of esters is 3. The molecule has 0 aromatic rings. The molecule has 12 heteroatoms. The van der Waals surface area contributed by atoms with E-state index in [1.807, 2.05) is 0 Å². The van der Waals surface area contributed by atoms with Crippen molar-refractivity contribution in [3.8, 4) is 0 Å². The molecule has 0 radical (unpaired) electrons. The second-order valence-corrected chi connectivity index (χ2v) is 7.37. The van der Waals surface area contributed by atoms with Gasteiger partial charge in [0.15, 0.2) is 5.41 Å². The Bertz CT molecular complexity index is 769. The van der Waals surface area contributed by atoms with E-state index in [-0.39, 0.29) is 13.2 Å². The van der Waals surface area contributed by atoms with Crippen molar-refractivity contribution in [1.29, 1.82) is 0 Å². The molecule has 8 nitrogen and oxygen atoms in total. The van der Waals surface area contributed by atoms with E-state index in [2.05, 4.69) is 4.74 Å². The van der Waals surface area contributed by atoms with Gasteiger partial charge in [-0.25, -0.2) is 27.2 Å². The van der Waals surface area contributed by atoms with Crippen molar-refractivity contribution >= 4 is 23.7 Å². The molecule has 0 fully saturated rings. The van der Waals surface area contributed by atoms with E-state index in [1.54, 1.807) is 0 Å². The highest BCUT2D eigenvalue weighted by molar-refractivity contribution is 6.07. The molecular formula is C20H27F4NO7. The molecule has 0 spiro atoms. The molecule has 0 amide bonds. The Balaban J connectivity index is 3.95. The third kappa shape index (κ3) is 5.39. The molecule has 2 atom stereocenters. The number of alkyl halides is 4. The van der Waals surface area contributed by atoms with Crippen LogP contribution in [0.25, 0.3) is 0 Å². The zero-order chi connectivity index (χ0) is 24.8. The van der Waals surface area contributed by atoms with Gasteiger partial charge in [-0.15, -0.1) is 0 Å². The van der Waals surface area contributed by atoms with E-state index in [1.165, 1.54) is 27.7 Å². The second-order valence-electron chi connectivity index (χ2n) is 7.37. The normalized spacial score (nSPS) is 19.9. The predicted octanol–water partition coefficient (Wildman–Crippen LogP) is 2.36. The van der Waals surface area contributed by atoms with Crippen LogP contribution in [0.4, 0.5) is 17.6 Å². The number of ketones is 1. The fourth-order valence-electron chi connectivity index (χ4n) is 3.66. The monoisotopic (exact) mass is 469 g/mol. The standard InChI is InChI=1S/C20H27F4NO7/c1-6-31-17(27)11-8-20(14(26)16(23)24,19(29)32-7-2)9-25(13(11)15(21)22)12(10(3)4)18(28)30-5/h10,12,15-16H,6-9H2,1-5H3. The van der Waals surface area contributed by atoms with E-state index < -0.39 is 78.2 Å². The number of ether oxygens (including phenoxy) is 3. The van der Waals surface area contributed by atoms with Crippen LogP contribution in [0.3, 0.4) is 0 Å². The Morgan fingerprint density at radius 1 is 1.03 bits per heavy atom. The smallest absolute Gasteiger partial charge is 0.336 e. The number of hydrogen-bond acceptors (Lipinski definition) is 8. The van der Waals surface area contributed by atoms with Gasteiger partial charge in [-0.2, -0.15) is 0 Å². The van der Waals surface area contributed by atoms with E-state index in [0.29, 0.717) is 4.90 Å². The zero-order valence-corrected chi connectivity index (χ0v) is 18.5. The Labute approximate surface area is 182 Å². The van der Waals surface area contributed by atoms with Crippen molar-refractivity contribution < 1.29 is 51.0 Å². The number of carbonyl (C=O) groups excluding carboxylic acids is 4. The van der Waals surface area contributed by atoms with Gasteiger partial charge in [0, 0.05) is 13.0 Å². The van der Waals surface area contributed by atoms with Gasteiger partial charge in [-0.05, 0) is 19.8 Å². The summed E-state index contributed by atoms with van der Waals surface area (Å²) in [5, 5.41) is 0. The van der Waals surface area contributed by atoms with Crippen molar-refractivity contribution in [1.82, 2.24) is 4.90 Å². The lowest BCUT2D eigenvalue weighted by molar-refractivity contribution is -0.170. The average Bonchev–Trinajstić information content (AvgIpc) is 2.72. The van der Waals surface area contributed by atoms with E-state index in [0.717, 1.165) is 7.11 Å². The van der Waals surface area contributed by atoms with E-state index in [4.69, 9.17) is 9.47 Å². The third-order valence-corrected chi connectivity index (χ3v) is 5.01. The molecule has 0 aromatic heterocycles. The maximum absolute atomic E-state index is 14.2. The number of hydrogen-bond donors (Lipinski definition) is 0. The first-order valence-electron chi connectivity index (χ1n) is 9.91. The highest BCUT2D eigenvalue weighted by Crippen LogP contribution is 2.43. The summed E-state index contributed by atoms with van der Waals surface area (Å²) in [5.41, 5.74) is -4.56.